The van der Waals surface area contributed by atoms with Gasteiger partial charge in [0.15, 0.2) is 22.8 Å². The molecule has 30 heteroatoms. The Hall–Kier alpha value is -6.34. The minimum atomic E-state index is -6.59. The van der Waals surface area contributed by atoms with Gasteiger partial charge in [0.05, 0.1) is 11.5 Å². The van der Waals surface area contributed by atoms with E-state index in [1.807, 2.05) is 0 Å². The van der Waals surface area contributed by atoms with Gasteiger partial charge in [-0.1, -0.05) is 65.5 Å². The van der Waals surface area contributed by atoms with E-state index in [2.05, 4.69) is 37.8 Å². The summed E-state index contributed by atoms with van der Waals surface area (Å²) in [6.07, 6.45) is 0.851. The lowest BCUT2D eigenvalue weighted by molar-refractivity contribution is -0.0545. The molecule has 0 saturated heterocycles. The second-order valence-electron chi connectivity index (χ2n) is 11.1. The number of nitriles is 4. The number of halogens is 6. The van der Waals surface area contributed by atoms with Crippen LogP contribution in [0.25, 0.3) is 11.1 Å². The molecule has 0 fully saturated rings. The molecular weight excluding hydrogens is 907 g/mol. The molecule has 0 aromatic heterocycles. The predicted octanol–water partition coefficient (Wildman–Crippen LogP) is 4.29. The van der Waals surface area contributed by atoms with E-state index in [9.17, 15) is 81.1 Å². The van der Waals surface area contributed by atoms with Crippen molar-refractivity contribution >= 4 is 63.3 Å². The normalized spacial score (nSPS) is 13.6. The van der Waals surface area contributed by atoms with Crippen molar-refractivity contribution in [3.63, 3.8) is 0 Å². The molecule has 0 saturated carbocycles. The highest BCUT2D eigenvalue weighted by atomic mass is 32.2. The van der Waals surface area contributed by atoms with Crippen LogP contribution in [0.1, 0.15) is 61.8 Å². The van der Waals surface area contributed by atoms with E-state index in [-0.39, 0.29) is 12.8 Å². The van der Waals surface area contributed by atoms with E-state index in [4.69, 9.17) is 0 Å². The molecule has 20 nitrogen and oxygen atoms in total. The standard InChI is InChI=1S/C30H24F6N8O12S4/c1-3-5-10-57(45,46)53-41-24(15-37)19-12-20(25(16-38)42-54-58(47,48)11-6-4-2)14-21(13-19)28-22(26(17-39)43-55-59(49,50)29(31,32)33)8-7-9-23(28)27(18-40)44-56-60(51,52)30(34,35)36/h7-9,12-14H,3-6,10-11H2,1-2H3/b41-24-,42-25+,43-26-,44-27-. The maximum atomic E-state index is 13.1. The van der Waals surface area contributed by atoms with E-state index in [0.717, 1.165) is 36.4 Å². The highest BCUT2D eigenvalue weighted by Crippen LogP contribution is 2.33. The molecule has 0 atom stereocenters. The Morgan fingerprint density at radius 3 is 1.20 bits per heavy atom. The lowest BCUT2D eigenvalue weighted by Crippen LogP contribution is -2.24. The number of oxime groups is 4. The number of hydrogen-bond donors (Lipinski definition) is 0. The second-order valence-corrected chi connectivity index (χ2v) is 17.4. The van der Waals surface area contributed by atoms with Gasteiger partial charge in [-0.3, -0.25) is 17.1 Å². The van der Waals surface area contributed by atoms with Crippen molar-refractivity contribution in [2.24, 2.45) is 20.6 Å². The van der Waals surface area contributed by atoms with Crippen LogP contribution in [0.2, 0.25) is 0 Å². The van der Waals surface area contributed by atoms with Gasteiger partial charge in [-0.15, -0.1) is 0 Å². The average Bonchev–Trinajstić information content (AvgIpc) is 3.16. The van der Waals surface area contributed by atoms with Crippen LogP contribution in [-0.2, 0) is 57.6 Å². The zero-order valence-corrected chi connectivity index (χ0v) is 33.4. The molecule has 0 amide bonds. The van der Waals surface area contributed by atoms with Gasteiger partial charge in [0.2, 0.25) is 0 Å². The van der Waals surface area contributed by atoms with Crippen LogP contribution in [0.3, 0.4) is 0 Å². The predicted molar refractivity (Wildman–Crippen MR) is 192 cm³/mol. The summed E-state index contributed by atoms with van der Waals surface area (Å²) in [5.41, 5.74) is -21.6. The highest BCUT2D eigenvalue weighted by molar-refractivity contribution is 7.88. The number of benzene rings is 2. The third kappa shape index (κ3) is 13.3. The van der Waals surface area contributed by atoms with Crippen molar-refractivity contribution < 1.29 is 77.1 Å². The molecular formula is C30H24F6N8O12S4. The van der Waals surface area contributed by atoms with Gasteiger partial charge in [0.25, 0.3) is 0 Å². The largest absolute Gasteiger partial charge is 0.536 e. The summed E-state index contributed by atoms with van der Waals surface area (Å²) in [5, 5.41) is 51.7. The Bertz CT molecular complexity index is 2550. The summed E-state index contributed by atoms with van der Waals surface area (Å²) in [5.74, 6) is -1.21. The highest BCUT2D eigenvalue weighted by Gasteiger charge is 2.50. The van der Waals surface area contributed by atoms with Gasteiger partial charge in [-0.25, -0.2) is 0 Å². The molecule has 0 unspecified atom stereocenters. The number of hydrogen-bond acceptors (Lipinski definition) is 20. The molecule has 0 heterocycles. The smallest absolute Gasteiger partial charge is 0.267 e. The van der Waals surface area contributed by atoms with Crippen molar-refractivity contribution in [2.75, 3.05) is 11.5 Å². The van der Waals surface area contributed by atoms with Gasteiger partial charge >= 0.3 is 51.5 Å². The van der Waals surface area contributed by atoms with Gasteiger partial charge in [-0.2, -0.15) is 81.1 Å². The van der Waals surface area contributed by atoms with Crippen molar-refractivity contribution in [2.45, 2.75) is 50.5 Å². The summed E-state index contributed by atoms with van der Waals surface area (Å²) in [7, 11) is -22.1. The molecule has 0 aliphatic carbocycles. The maximum absolute atomic E-state index is 13.1. The fourth-order valence-corrected chi connectivity index (χ4v) is 6.32. The molecule has 0 aliphatic rings. The molecule has 322 valence electrons. The summed E-state index contributed by atoms with van der Waals surface area (Å²) in [4.78, 5) is 0. The zero-order valence-electron chi connectivity index (χ0n) is 30.1. The molecule has 2 aromatic rings. The topological polar surface area (TPSA) is 318 Å². The summed E-state index contributed by atoms with van der Waals surface area (Å²) in [6, 6.07) is 9.97. The van der Waals surface area contributed by atoms with Crippen LogP contribution in [0.5, 0.6) is 0 Å². The lowest BCUT2D eigenvalue weighted by atomic mass is 9.87. The quantitative estimate of drug-likeness (QED) is 0.0821. The van der Waals surface area contributed by atoms with Crippen LogP contribution < -0.4 is 0 Å². The van der Waals surface area contributed by atoms with Crippen molar-refractivity contribution in [1.29, 1.82) is 21.0 Å². The molecule has 2 aromatic carbocycles. The summed E-state index contributed by atoms with van der Waals surface area (Å²) in [6.45, 7) is 3.25. The van der Waals surface area contributed by atoms with Crippen LogP contribution in [0.4, 0.5) is 26.3 Å². The van der Waals surface area contributed by atoms with Gasteiger partial charge < -0.3 is 0 Å². The third-order valence-electron chi connectivity index (χ3n) is 6.77. The van der Waals surface area contributed by atoms with E-state index in [1.165, 1.54) is 24.3 Å². The molecule has 0 radical (unpaired) electrons. The monoisotopic (exact) mass is 930 g/mol. The number of nitrogens with zero attached hydrogens (tertiary/aromatic N) is 8. The summed E-state index contributed by atoms with van der Waals surface area (Å²) >= 11 is 0. The lowest BCUT2D eigenvalue weighted by Gasteiger charge is -2.16. The molecule has 0 bridgehead atoms. The minimum Gasteiger partial charge on any atom is -0.267 e. The SMILES string of the molecule is CCCCS(=O)(=O)O/N=C(\C#N)c1cc(/C(C#N)=N\OS(=O)(=O)CCCC)cc(-c2c(/C(C#N)=N\OS(=O)(=O)C(F)(F)F)cccc2/C(C#N)=N\OS(=O)(=O)C(F)(F)F)c1. The third-order valence-corrected chi connectivity index (χ3v) is 10.6. The first-order chi connectivity index (χ1) is 27.7. The van der Waals surface area contributed by atoms with Crippen LogP contribution in [0, 0.1) is 45.3 Å². The Morgan fingerprint density at radius 1 is 0.567 bits per heavy atom. The zero-order chi connectivity index (χ0) is 45.7. The first kappa shape index (κ1) is 49.8. The van der Waals surface area contributed by atoms with Gasteiger partial charge in [0, 0.05) is 27.8 Å². The van der Waals surface area contributed by atoms with Gasteiger partial charge in [-0.05, 0) is 36.6 Å². The Kier molecular flexibility index (Phi) is 16.7. The van der Waals surface area contributed by atoms with E-state index in [1.54, 1.807) is 13.8 Å². The molecule has 2 rings (SSSR count). The van der Waals surface area contributed by atoms with E-state index in [0.29, 0.717) is 12.8 Å². The Labute approximate surface area is 337 Å². The number of alkyl halides is 6. The molecule has 0 N–H and O–H groups in total. The first-order valence-corrected chi connectivity index (χ1v) is 21.8. The first-order valence-electron chi connectivity index (χ1n) is 15.8. The molecule has 0 spiro atoms. The van der Waals surface area contributed by atoms with E-state index >= 15 is 0 Å². The average molecular weight is 931 g/mol. The number of unbranched alkanes of at least 4 members (excludes halogenated alkanes) is 2. The van der Waals surface area contributed by atoms with Crippen molar-refractivity contribution in [3.05, 3.63) is 58.7 Å². The second kappa shape index (κ2) is 20.1. The molecule has 60 heavy (non-hydrogen) atoms. The van der Waals surface area contributed by atoms with Crippen LogP contribution in [0.15, 0.2) is 57.0 Å². The van der Waals surface area contributed by atoms with Crippen molar-refractivity contribution in [3.8, 4) is 35.4 Å². The Balaban J connectivity index is 3.29. The maximum Gasteiger partial charge on any atom is 0.536 e. The fourth-order valence-electron chi connectivity index (χ4n) is 4.00. The van der Waals surface area contributed by atoms with Crippen molar-refractivity contribution in [1.82, 2.24) is 0 Å². The molecule has 0 aliphatic heterocycles. The summed E-state index contributed by atoms with van der Waals surface area (Å²) < 4.78 is 191. The fraction of sp³-hybridized carbons (Fsp3) is 0.333. The minimum absolute atomic E-state index is 0.0651. The van der Waals surface area contributed by atoms with E-state index < -0.39 is 119 Å². The van der Waals surface area contributed by atoms with Crippen LogP contribution >= 0.6 is 0 Å². The Morgan fingerprint density at radius 2 is 0.900 bits per heavy atom. The van der Waals surface area contributed by atoms with Crippen LogP contribution in [-0.4, -0.2) is 79.0 Å². The van der Waals surface area contributed by atoms with Gasteiger partial charge in [0.1, 0.15) is 24.3 Å². The number of rotatable bonds is 19.